The largest absolute Gasteiger partial charge is 0.384 e. The van der Waals surface area contributed by atoms with Gasteiger partial charge in [0.25, 0.3) is 5.91 Å². The number of Topliss-reactive ketones (excluding diaryl/α,β-unsaturated/α-hetero) is 1. The zero-order valence-electron chi connectivity index (χ0n) is 14.3. The summed E-state index contributed by atoms with van der Waals surface area (Å²) < 4.78 is 0. The van der Waals surface area contributed by atoms with E-state index in [2.05, 4.69) is 10.6 Å². The van der Waals surface area contributed by atoms with Gasteiger partial charge in [0, 0.05) is 24.4 Å². The Bertz CT molecular complexity index is 772. The van der Waals surface area contributed by atoms with Gasteiger partial charge in [-0.25, -0.2) is 0 Å². The number of ketones is 1. The number of carbonyl (C=O) groups is 2. The molecule has 0 aliphatic carbocycles. The van der Waals surface area contributed by atoms with E-state index in [-0.39, 0.29) is 11.6 Å². The summed E-state index contributed by atoms with van der Waals surface area (Å²) in [7, 11) is 0. The predicted octanol–water partition coefficient (Wildman–Crippen LogP) is 3.89. The Hall–Kier alpha value is -2.59. The van der Waals surface area contributed by atoms with Crippen molar-refractivity contribution < 1.29 is 9.59 Å². The highest BCUT2D eigenvalue weighted by Crippen LogP contribution is 2.19. The highest BCUT2D eigenvalue weighted by atomic mass is 35.5. The van der Waals surface area contributed by atoms with Crippen LogP contribution in [0.3, 0.4) is 0 Å². The molecule has 1 atom stereocenters. The Kier molecular flexibility index (Phi) is 6.78. The van der Waals surface area contributed by atoms with Crippen molar-refractivity contribution in [2.24, 2.45) is 0 Å². The molecule has 0 spiro atoms. The van der Waals surface area contributed by atoms with Crippen molar-refractivity contribution in [1.29, 1.82) is 0 Å². The molecule has 130 valence electrons. The van der Waals surface area contributed by atoms with Crippen molar-refractivity contribution in [2.75, 3.05) is 6.54 Å². The summed E-state index contributed by atoms with van der Waals surface area (Å²) in [6.07, 6.45) is 1.47. The number of likely N-dealkylation sites (N-methyl/N-ethyl adjacent to an activating group) is 1. The second kappa shape index (κ2) is 9.04. The molecule has 0 radical (unpaired) electrons. The maximum atomic E-state index is 12.8. The van der Waals surface area contributed by atoms with Crippen LogP contribution < -0.4 is 10.6 Å². The van der Waals surface area contributed by atoms with Gasteiger partial charge in [-0.15, -0.1) is 0 Å². The topological polar surface area (TPSA) is 58.2 Å². The van der Waals surface area contributed by atoms with Gasteiger partial charge in [0.2, 0.25) is 5.78 Å². The molecule has 1 unspecified atom stereocenters. The Morgan fingerprint density at radius 1 is 1.08 bits per heavy atom. The van der Waals surface area contributed by atoms with Gasteiger partial charge in [0.1, 0.15) is 5.57 Å². The third kappa shape index (κ3) is 4.94. The van der Waals surface area contributed by atoms with Gasteiger partial charge in [-0.2, -0.15) is 0 Å². The lowest BCUT2D eigenvalue weighted by Crippen LogP contribution is -2.30. The number of rotatable bonds is 7. The van der Waals surface area contributed by atoms with Crippen LogP contribution in [-0.4, -0.2) is 18.2 Å². The van der Waals surface area contributed by atoms with E-state index in [4.69, 9.17) is 11.6 Å². The monoisotopic (exact) mass is 356 g/mol. The van der Waals surface area contributed by atoms with E-state index >= 15 is 0 Å². The summed E-state index contributed by atoms with van der Waals surface area (Å²) >= 11 is 6.10. The van der Waals surface area contributed by atoms with E-state index < -0.39 is 11.7 Å². The Morgan fingerprint density at radius 3 is 2.36 bits per heavy atom. The third-order valence-electron chi connectivity index (χ3n) is 3.72. The lowest BCUT2D eigenvalue weighted by Gasteiger charge is -2.14. The quantitative estimate of drug-likeness (QED) is 0.342. The van der Waals surface area contributed by atoms with Gasteiger partial charge in [-0.05, 0) is 31.5 Å². The van der Waals surface area contributed by atoms with Gasteiger partial charge in [0.15, 0.2) is 0 Å². The molecule has 0 bridgehead atoms. The molecular weight excluding hydrogens is 336 g/mol. The average molecular weight is 357 g/mol. The van der Waals surface area contributed by atoms with Crippen LogP contribution in [-0.2, 0) is 4.79 Å². The highest BCUT2D eigenvalue weighted by Gasteiger charge is 2.21. The molecule has 0 saturated heterocycles. The first-order chi connectivity index (χ1) is 12.0. The summed E-state index contributed by atoms with van der Waals surface area (Å²) in [6, 6.07) is 16.4. The van der Waals surface area contributed by atoms with E-state index in [1.807, 2.05) is 37.3 Å². The molecule has 2 aromatic rings. The smallest absolute Gasteiger partial charge is 0.256 e. The van der Waals surface area contributed by atoms with E-state index in [9.17, 15) is 9.59 Å². The Balaban J connectivity index is 2.28. The molecule has 5 heteroatoms. The van der Waals surface area contributed by atoms with Gasteiger partial charge in [-0.3, -0.25) is 9.59 Å². The molecule has 2 aromatic carbocycles. The molecule has 0 saturated carbocycles. The summed E-state index contributed by atoms with van der Waals surface area (Å²) in [4.78, 5) is 25.1. The molecule has 2 N–H and O–H groups in total. The van der Waals surface area contributed by atoms with Crippen LogP contribution in [0.15, 0.2) is 66.4 Å². The van der Waals surface area contributed by atoms with Gasteiger partial charge in [-0.1, -0.05) is 54.1 Å². The van der Waals surface area contributed by atoms with Crippen molar-refractivity contribution in [3.63, 3.8) is 0 Å². The van der Waals surface area contributed by atoms with Gasteiger partial charge in [0.05, 0.1) is 5.02 Å². The van der Waals surface area contributed by atoms with E-state index in [1.54, 1.807) is 31.2 Å². The van der Waals surface area contributed by atoms with Crippen LogP contribution in [0.2, 0.25) is 5.02 Å². The number of halogens is 1. The fraction of sp³-hybridized carbons (Fsp3) is 0.200. The van der Waals surface area contributed by atoms with E-state index in [0.29, 0.717) is 17.1 Å². The zero-order valence-corrected chi connectivity index (χ0v) is 15.0. The van der Waals surface area contributed by atoms with Crippen LogP contribution in [0.4, 0.5) is 0 Å². The number of hydrogen-bond acceptors (Lipinski definition) is 3. The second-order valence-electron chi connectivity index (χ2n) is 5.53. The predicted molar refractivity (Wildman–Crippen MR) is 101 cm³/mol. The minimum absolute atomic E-state index is 0.0257. The first kappa shape index (κ1) is 18.7. The standard InChI is InChI=1S/C20H21ClN2O2/c1-3-22-20(25)17(19(24)16-11-7-8-12-18(16)21)13-23-14(2)15-9-5-4-6-10-15/h4-14,23H,3H2,1-2H3,(H,22,25)/b17-13+. The summed E-state index contributed by atoms with van der Waals surface area (Å²) in [6.45, 7) is 4.19. The number of nitrogens with one attached hydrogen (secondary N) is 2. The fourth-order valence-electron chi connectivity index (χ4n) is 2.33. The first-order valence-corrected chi connectivity index (χ1v) is 8.51. The Labute approximate surface area is 152 Å². The van der Waals surface area contributed by atoms with Gasteiger partial charge >= 0.3 is 0 Å². The molecule has 1 amide bonds. The van der Waals surface area contributed by atoms with Crippen molar-refractivity contribution in [1.82, 2.24) is 10.6 Å². The number of hydrogen-bond donors (Lipinski definition) is 2. The molecule has 0 fully saturated rings. The van der Waals surface area contributed by atoms with Crippen LogP contribution in [0.5, 0.6) is 0 Å². The molecule has 2 rings (SSSR count). The second-order valence-corrected chi connectivity index (χ2v) is 5.93. The van der Waals surface area contributed by atoms with E-state index in [1.165, 1.54) is 6.20 Å². The minimum Gasteiger partial charge on any atom is -0.384 e. The molecule has 0 aromatic heterocycles. The van der Waals surface area contributed by atoms with Crippen molar-refractivity contribution in [3.8, 4) is 0 Å². The molecule has 4 nitrogen and oxygen atoms in total. The fourth-order valence-corrected chi connectivity index (χ4v) is 2.55. The lowest BCUT2D eigenvalue weighted by molar-refractivity contribution is -0.117. The van der Waals surface area contributed by atoms with Crippen molar-refractivity contribution in [3.05, 3.63) is 82.5 Å². The van der Waals surface area contributed by atoms with Crippen LogP contribution >= 0.6 is 11.6 Å². The van der Waals surface area contributed by atoms with Crippen LogP contribution in [0, 0.1) is 0 Å². The zero-order chi connectivity index (χ0) is 18.2. The first-order valence-electron chi connectivity index (χ1n) is 8.13. The summed E-state index contributed by atoms with van der Waals surface area (Å²) in [5, 5.41) is 6.11. The molecule has 0 aliphatic rings. The summed E-state index contributed by atoms with van der Waals surface area (Å²) in [5.41, 5.74) is 1.38. The van der Waals surface area contributed by atoms with Crippen LogP contribution in [0.25, 0.3) is 0 Å². The molecule has 0 aliphatic heterocycles. The van der Waals surface area contributed by atoms with Crippen molar-refractivity contribution in [2.45, 2.75) is 19.9 Å². The highest BCUT2D eigenvalue weighted by molar-refractivity contribution is 6.37. The Morgan fingerprint density at radius 2 is 1.72 bits per heavy atom. The normalized spacial score (nSPS) is 12.4. The summed E-state index contributed by atoms with van der Waals surface area (Å²) in [5.74, 6) is -0.843. The van der Waals surface area contributed by atoms with E-state index in [0.717, 1.165) is 5.56 Å². The third-order valence-corrected chi connectivity index (χ3v) is 4.05. The minimum atomic E-state index is -0.430. The number of benzene rings is 2. The number of amides is 1. The average Bonchev–Trinajstić information content (AvgIpc) is 2.63. The molecule has 25 heavy (non-hydrogen) atoms. The maximum absolute atomic E-state index is 12.8. The number of carbonyl (C=O) groups excluding carboxylic acids is 2. The maximum Gasteiger partial charge on any atom is 0.256 e. The van der Waals surface area contributed by atoms with Crippen molar-refractivity contribution >= 4 is 23.3 Å². The molecular formula is C20H21ClN2O2. The lowest BCUT2D eigenvalue weighted by atomic mass is 10.0. The molecule has 0 heterocycles. The SMILES string of the molecule is CCNC(=O)/C(=C/NC(C)c1ccccc1)C(=O)c1ccccc1Cl. The van der Waals surface area contributed by atoms with Crippen LogP contribution in [0.1, 0.15) is 35.8 Å². The van der Waals surface area contributed by atoms with Gasteiger partial charge < -0.3 is 10.6 Å².